The summed E-state index contributed by atoms with van der Waals surface area (Å²) in [6.45, 7) is 8.83. The number of hydrogen-bond donors (Lipinski definition) is 1. The first-order valence-corrected chi connectivity index (χ1v) is 5.46. The zero-order chi connectivity index (χ0) is 11.5. The molecule has 1 unspecified atom stereocenters. The molecule has 0 saturated heterocycles. The normalized spacial score (nSPS) is 14.7. The predicted molar refractivity (Wildman–Crippen MR) is 64.3 cm³/mol. The van der Waals surface area contributed by atoms with Gasteiger partial charge in [-0.3, -0.25) is 0 Å². The monoisotopic (exact) mass is 207 g/mol. The van der Waals surface area contributed by atoms with Crippen molar-refractivity contribution < 1.29 is 4.74 Å². The third-order valence-electron chi connectivity index (χ3n) is 2.74. The maximum atomic E-state index is 5.94. The van der Waals surface area contributed by atoms with Crippen molar-refractivity contribution in [2.75, 3.05) is 6.54 Å². The molecule has 0 heterocycles. The first-order chi connectivity index (χ1) is 6.99. The summed E-state index contributed by atoms with van der Waals surface area (Å²) in [5.41, 5.74) is 7.91. The predicted octanol–water partition coefficient (Wildman–Crippen LogP) is 2.81. The van der Waals surface area contributed by atoms with Crippen LogP contribution in [0, 0.1) is 13.8 Å². The lowest BCUT2D eigenvalue weighted by molar-refractivity contribution is 0.0934. The smallest absolute Gasteiger partial charge is 0.120 e. The Morgan fingerprint density at radius 3 is 2.13 bits per heavy atom. The van der Waals surface area contributed by atoms with Crippen molar-refractivity contribution in [1.29, 1.82) is 0 Å². The van der Waals surface area contributed by atoms with Crippen LogP contribution in [0.15, 0.2) is 18.2 Å². The van der Waals surface area contributed by atoms with Crippen LogP contribution in [0.2, 0.25) is 0 Å². The molecule has 2 heteroatoms. The van der Waals surface area contributed by atoms with Gasteiger partial charge >= 0.3 is 0 Å². The van der Waals surface area contributed by atoms with Crippen LogP contribution in [0.4, 0.5) is 0 Å². The summed E-state index contributed by atoms with van der Waals surface area (Å²) in [6, 6.07) is 6.24. The van der Waals surface area contributed by atoms with Crippen LogP contribution in [-0.4, -0.2) is 12.1 Å². The van der Waals surface area contributed by atoms with Crippen LogP contribution in [0.1, 0.15) is 31.4 Å². The van der Waals surface area contributed by atoms with Gasteiger partial charge in [-0.25, -0.2) is 0 Å². The highest BCUT2D eigenvalue weighted by molar-refractivity contribution is 5.33. The fourth-order valence-corrected chi connectivity index (χ4v) is 1.53. The van der Waals surface area contributed by atoms with Gasteiger partial charge in [0.25, 0.3) is 0 Å². The van der Waals surface area contributed by atoms with Crippen LogP contribution in [0.3, 0.4) is 0 Å². The summed E-state index contributed by atoms with van der Waals surface area (Å²) in [5, 5.41) is 0. The topological polar surface area (TPSA) is 35.2 Å². The first-order valence-electron chi connectivity index (χ1n) is 5.46. The summed E-state index contributed by atoms with van der Waals surface area (Å²) in [7, 11) is 0. The summed E-state index contributed by atoms with van der Waals surface area (Å²) in [6.07, 6.45) is 0.913. The van der Waals surface area contributed by atoms with E-state index in [2.05, 4.69) is 39.0 Å². The number of ether oxygens (including phenoxy) is 1. The minimum absolute atomic E-state index is 0.250. The highest BCUT2D eigenvalue weighted by Gasteiger charge is 2.21. The molecule has 1 rings (SSSR count). The van der Waals surface area contributed by atoms with E-state index in [0.717, 1.165) is 12.2 Å². The van der Waals surface area contributed by atoms with Gasteiger partial charge in [-0.2, -0.15) is 0 Å². The Labute approximate surface area is 92.4 Å². The SMILES string of the molecule is CCC(C)(CN)Oc1cc(C)cc(C)c1. The Morgan fingerprint density at radius 1 is 1.20 bits per heavy atom. The molecule has 1 atom stereocenters. The molecule has 2 N–H and O–H groups in total. The van der Waals surface area contributed by atoms with Crippen molar-refractivity contribution in [1.82, 2.24) is 0 Å². The molecule has 2 nitrogen and oxygen atoms in total. The van der Waals surface area contributed by atoms with E-state index >= 15 is 0 Å². The fraction of sp³-hybridized carbons (Fsp3) is 0.538. The van der Waals surface area contributed by atoms with Gasteiger partial charge in [-0.15, -0.1) is 0 Å². The molecule has 0 aromatic heterocycles. The van der Waals surface area contributed by atoms with Crippen molar-refractivity contribution in [3.05, 3.63) is 29.3 Å². The maximum absolute atomic E-state index is 5.94. The average molecular weight is 207 g/mol. The van der Waals surface area contributed by atoms with Gasteiger partial charge in [-0.1, -0.05) is 13.0 Å². The van der Waals surface area contributed by atoms with E-state index in [-0.39, 0.29) is 5.60 Å². The zero-order valence-electron chi connectivity index (χ0n) is 10.1. The number of rotatable bonds is 4. The van der Waals surface area contributed by atoms with E-state index in [1.165, 1.54) is 11.1 Å². The van der Waals surface area contributed by atoms with Crippen LogP contribution in [0.5, 0.6) is 5.75 Å². The highest BCUT2D eigenvalue weighted by Crippen LogP contribution is 2.22. The molecule has 1 aromatic rings. The second-order valence-electron chi connectivity index (χ2n) is 4.43. The van der Waals surface area contributed by atoms with Crippen LogP contribution in [-0.2, 0) is 0 Å². The molecule has 0 saturated carbocycles. The quantitative estimate of drug-likeness (QED) is 0.824. The molecule has 0 aliphatic carbocycles. The van der Waals surface area contributed by atoms with E-state index in [1.54, 1.807) is 0 Å². The minimum Gasteiger partial charge on any atom is -0.486 e. The lowest BCUT2D eigenvalue weighted by Gasteiger charge is -2.28. The van der Waals surface area contributed by atoms with E-state index < -0.39 is 0 Å². The van der Waals surface area contributed by atoms with Crippen LogP contribution < -0.4 is 10.5 Å². The van der Waals surface area contributed by atoms with Crippen LogP contribution >= 0.6 is 0 Å². The van der Waals surface area contributed by atoms with Crippen molar-refractivity contribution in [2.45, 2.75) is 39.7 Å². The summed E-state index contributed by atoms with van der Waals surface area (Å²) >= 11 is 0. The molecule has 0 aliphatic heterocycles. The molecule has 84 valence electrons. The van der Waals surface area contributed by atoms with Gasteiger partial charge in [0.2, 0.25) is 0 Å². The molecule has 1 aromatic carbocycles. The third kappa shape index (κ3) is 3.24. The Kier molecular flexibility index (Phi) is 3.75. The second-order valence-corrected chi connectivity index (χ2v) is 4.43. The number of hydrogen-bond acceptors (Lipinski definition) is 2. The Morgan fingerprint density at radius 2 is 1.73 bits per heavy atom. The largest absolute Gasteiger partial charge is 0.486 e. The molecule has 0 spiro atoms. The van der Waals surface area contributed by atoms with Crippen LogP contribution in [0.25, 0.3) is 0 Å². The van der Waals surface area contributed by atoms with Gasteiger partial charge in [0.15, 0.2) is 0 Å². The second kappa shape index (κ2) is 4.67. The number of benzene rings is 1. The number of nitrogens with two attached hydrogens (primary N) is 1. The first kappa shape index (κ1) is 12.1. The third-order valence-corrected chi connectivity index (χ3v) is 2.74. The molecular formula is C13H21NO. The lowest BCUT2D eigenvalue weighted by Crippen LogP contribution is -2.39. The minimum atomic E-state index is -0.250. The molecule has 0 radical (unpaired) electrons. The fourth-order valence-electron chi connectivity index (χ4n) is 1.53. The van der Waals surface area contributed by atoms with Gasteiger partial charge in [0, 0.05) is 6.54 Å². The average Bonchev–Trinajstić information content (AvgIpc) is 2.16. The standard InChI is InChI=1S/C13H21NO/c1-5-13(4,9-14)15-12-7-10(2)6-11(3)8-12/h6-8H,5,9,14H2,1-4H3. The summed E-state index contributed by atoms with van der Waals surface area (Å²) < 4.78 is 5.94. The molecule has 0 aliphatic rings. The van der Waals surface area contributed by atoms with E-state index in [9.17, 15) is 0 Å². The van der Waals surface area contributed by atoms with Gasteiger partial charge in [-0.05, 0) is 50.5 Å². The maximum Gasteiger partial charge on any atom is 0.120 e. The molecule has 0 amide bonds. The Balaban J connectivity index is 2.88. The molecular weight excluding hydrogens is 186 g/mol. The van der Waals surface area contributed by atoms with Crippen molar-refractivity contribution >= 4 is 0 Å². The summed E-state index contributed by atoms with van der Waals surface area (Å²) in [4.78, 5) is 0. The molecule has 0 bridgehead atoms. The Bertz CT molecular complexity index is 309. The van der Waals surface area contributed by atoms with Gasteiger partial charge in [0.1, 0.15) is 11.4 Å². The zero-order valence-corrected chi connectivity index (χ0v) is 10.1. The van der Waals surface area contributed by atoms with E-state index in [4.69, 9.17) is 10.5 Å². The lowest BCUT2D eigenvalue weighted by atomic mass is 10.0. The number of aryl methyl sites for hydroxylation is 2. The van der Waals surface area contributed by atoms with Gasteiger partial charge in [0.05, 0.1) is 0 Å². The summed E-state index contributed by atoms with van der Waals surface area (Å²) in [5.74, 6) is 0.919. The van der Waals surface area contributed by atoms with Crippen molar-refractivity contribution in [3.8, 4) is 5.75 Å². The molecule has 15 heavy (non-hydrogen) atoms. The van der Waals surface area contributed by atoms with Crippen molar-refractivity contribution in [2.24, 2.45) is 5.73 Å². The van der Waals surface area contributed by atoms with E-state index in [1.807, 2.05) is 6.92 Å². The van der Waals surface area contributed by atoms with Crippen molar-refractivity contribution in [3.63, 3.8) is 0 Å². The van der Waals surface area contributed by atoms with Gasteiger partial charge < -0.3 is 10.5 Å². The van der Waals surface area contributed by atoms with E-state index in [0.29, 0.717) is 6.54 Å². The highest BCUT2D eigenvalue weighted by atomic mass is 16.5. The Hall–Kier alpha value is -1.02. The molecule has 0 fully saturated rings.